The quantitative estimate of drug-likeness (QED) is 0.511. The summed E-state index contributed by atoms with van der Waals surface area (Å²) < 4.78 is 15.6. The molecule has 0 aliphatic heterocycles. The van der Waals surface area contributed by atoms with E-state index in [2.05, 4.69) is 36.2 Å². The predicted octanol–water partition coefficient (Wildman–Crippen LogP) is 3.39. The molecule has 144 valence electrons. The van der Waals surface area contributed by atoms with Gasteiger partial charge in [0.1, 0.15) is 24.1 Å². The van der Waals surface area contributed by atoms with E-state index in [1.807, 2.05) is 30.3 Å². The molecule has 0 saturated heterocycles. The number of halogens is 2. The molecule has 0 aliphatic carbocycles. The van der Waals surface area contributed by atoms with Crippen molar-refractivity contribution < 1.29 is 9.18 Å². The summed E-state index contributed by atoms with van der Waals surface area (Å²) in [4.78, 5) is 37.6. The van der Waals surface area contributed by atoms with Crippen LogP contribution in [0.1, 0.15) is 0 Å². The molecule has 0 saturated carbocycles. The fourth-order valence-corrected chi connectivity index (χ4v) is 3.06. The van der Waals surface area contributed by atoms with Gasteiger partial charge < -0.3 is 5.32 Å². The van der Waals surface area contributed by atoms with Crippen molar-refractivity contribution in [2.75, 3.05) is 5.32 Å². The summed E-state index contributed by atoms with van der Waals surface area (Å²) in [5.74, 6) is -0.693. The Morgan fingerprint density at radius 2 is 1.93 bits per heavy atom. The Morgan fingerprint density at radius 3 is 2.69 bits per heavy atom. The molecule has 0 aliphatic rings. The van der Waals surface area contributed by atoms with Crippen molar-refractivity contribution in [2.24, 2.45) is 0 Å². The maximum atomic E-state index is 13.9. The number of hydrogen-bond donors (Lipinski definition) is 1. The summed E-state index contributed by atoms with van der Waals surface area (Å²) in [6.07, 6.45) is 2.63. The zero-order valence-electron chi connectivity index (χ0n) is 14.8. The molecule has 29 heavy (non-hydrogen) atoms. The molecule has 2 aromatic carbocycles. The van der Waals surface area contributed by atoms with Crippen LogP contribution in [0.2, 0.25) is 0 Å². The predicted molar refractivity (Wildman–Crippen MR) is 110 cm³/mol. The van der Waals surface area contributed by atoms with Crippen LogP contribution in [0.25, 0.3) is 22.4 Å². The topological polar surface area (TPSA) is 89.8 Å². The van der Waals surface area contributed by atoms with Crippen LogP contribution in [0.4, 0.5) is 10.1 Å². The number of hydrogen-bond acceptors (Lipinski definition) is 5. The minimum absolute atomic E-state index is 0.0239. The van der Waals surface area contributed by atoms with Gasteiger partial charge in [-0.2, -0.15) is 0 Å². The maximum Gasteiger partial charge on any atom is 0.264 e. The Balaban J connectivity index is 1.59. The zero-order chi connectivity index (χ0) is 20.4. The van der Waals surface area contributed by atoms with Gasteiger partial charge >= 0.3 is 0 Å². The van der Waals surface area contributed by atoms with E-state index >= 15 is 0 Å². The lowest BCUT2D eigenvalue weighted by Gasteiger charge is -2.09. The summed E-state index contributed by atoms with van der Waals surface area (Å²) in [7, 11) is 0. The van der Waals surface area contributed by atoms with Crippen molar-refractivity contribution in [2.45, 2.75) is 6.54 Å². The van der Waals surface area contributed by atoms with Crippen molar-refractivity contribution in [1.82, 2.24) is 19.5 Å². The van der Waals surface area contributed by atoms with E-state index in [-0.39, 0.29) is 23.3 Å². The number of carbonyl (C=O) groups is 1. The van der Waals surface area contributed by atoms with E-state index in [4.69, 9.17) is 0 Å². The van der Waals surface area contributed by atoms with Gasteiger partial charge in [0.15, 0.2) is 11.5 Å². The van der Waals surface area contributed by atoms with E-state index in [1.54, 1.807) is 6.07 Å². The summed E-state index contributed by atoms with van der Waals surface area (Å²) >= 11 is 3.15. The van der Waals surface area contributed by atoms with Gasteiger partial charge in [-0.15, -0.1) is 0 Å². The molecule has 0 fully saturated rings. The van der Waals surface area contributed by atoms with E-state index in [9.17, 15) is 14.0 Å². The van der Waals surface area contributed by atoms with Gasteiger partial charge in [0, 0.05) is 16.2 Å². The van der Waals surface area contributed by atoms with Crippen LogP contribution in [0.3, 0.4) is 0 Å². The monoisotopic (exact) mass is 453 g/mol. The Bertz CT molecular complexity index is 1280. The van der Waals surface area contributed by atoms with Gasteiger partial charge in [-0.05, 0) is 18.2 Å². The molecule has 2 aromatic heterocycles. The van der Waals surface area contributed by atoms with E-state index in [0.29, 0.717) is 10.3 Å². The molecule has 0 unspecified atom stereocenters. The van der Waals surface area contributed by atoms with E-state index in [0.717, 1.165) is 10.1 Å². The largest absolute Gasteiger partial charge is 0.322 e. The van der Waals surface area contributed by atoms with Gasteiger partial charge in [-0.1, -0.05) is 46.3 Å². The number of amides is 1. The molecular weight excluding hydrogens is 441 g/mol. The molecule has 1 amide bonds. The molecule has 1 N–H and O–H groups in total. The number of nitrogens with one attached hydrogen (secondary N) is 1. The number of aromatic nitrogens is 4. The molecule has 0 bridgehead atoms. The highest BCUT2D eigenvalue weighted by atomic mass is 79.9. The summed E-state index contributed by atoms with van der Waals surface area (Å²) in [6.45, 7) is -0.322. The number of nitrogens with zero attached hydrogens (tertiary/aromatic N) is 4. The summed E-state index contributed by atoms with van der Waals surface area (Å²) in [5, 5.41) is 2.63. The molecule has 4 rings (SSSR count). The highest BCUT2D eigenvalue weighted by Crippen LogP contribution is 2.19. The minimum Gasteiger partial charge on any atom is -0.322 e. The second-order valence-corrected chi connectivity index (χ2v) is 7.06. The first kappa shape index (κ1) is 18.9. The molecular formula is C20H13BrFN5O2. The van der Waals surface area contributed by atoms with Crippen LogP contribution in [-0.2, 0) is 11.3 Å². The fourth-order valence-electron chi connectivity index (χ4n) is 2.73. The van der Waals surface area contributed by atoms with Gasteiger partial charge in [0.25, 0.3) is 5.56 Å². The number of fused-ring (bicyclic) bond motifs is 1. The molecule has 9 heteroatoms. The van der Waals surface area contributed by atoms with Gasteiger partial charge in [0.2, 0.25) is 5.91 Å². The van der Waals surface area contributed by atoms with Gasteiger partial charge in [-0.25, -0.2) is 19.3 Å². The number of rotatable bonds is 4. The standard InChI is InChI=1S/C20H13BrFN5O2/c21-13-6-7-16(15(22)8-13)25-17(28)10-27-11-24-19-14(20(27)29)9-23-18(26-19)12-4-2-1-3-5-12/h1-9,11H,10H2,(H,25,28). The Hall–Kier alpha value is -3.46. The highest BCUT2D eigenvalue weighted by Gasteiger charge is 2.12. The van der Waals surface area contributed by atoms with E-state index < -0.39 is 17.3 Å². The number of benzene rings is 2. The average Bonchev–Trinajstić information content (AvgIpc) is 2.72. The van der Waals surface area contributed by atoms with Crippen molar-refractivity contribution in [3.05, 3.63) is 81.7 Å². The SMILES string of the molecule is O=C(Cn1cnc2nc(-c3ccccc3)ncc2c1=O)Nc1ccc(Br)cc1F. The molecule has 0 atom stereocenters. The fraction of sp³-hybridized carbons (Fsp3) is 0.0500. The Labute approximate surface area is 172 Å². The van der Waals surface area contributed by atoms with Crippen LogP contribution in [0.15, 0.2) is 70.3 Å². The van der Waals surface area contributed by atoms with Crippen molar-refractivity contribution in [3.8, 4) is 11.4 Å². The summed E-state index contributed by atoms with van der Waals surface area (Å²) in [6, 6.07) is 13.6. The smallest absolute Gasteiger partial charge is 0.264 e. The molecule has 2 heterocycles. The number of carbonyl (C=O) groups excluding carboxylic acids is 1. The lowest BCUT2D eigenvalue weighted by Crippen LogP contribution is -2.28. The third kappa shape index (κ3) is 4.04. The third-order valence-corrected chi connectivity index (χ3v) is 4.62. The maximum absolute atomic E-state index is 13.9. The van der Waals surface area contributed by atoms with Crippen molar-refractivity contribution in [1.29, 1.82) is 0 Å². The van der Waals surface area contributed by atoms with Gasteiger partial charge in [-0.3, -0.25) is 14.2 Å². The van der Waals surface area contributed by atoms with Crippen molar-refractivity contribution >= 4 is 38.6 Å². The van der Waals surface area contributed by atoms with E-state index in [1.165, 1.54) is 24.7 Å². The molecule has 4 aromatic rings. The number of anilines is 1. The van der Waals surface area contributed by atoms with Gasteiger partial charge in [0.05, 0.1) is 5.69 Å². The molecule has 7 nitrogen and oxygen atoms in total. The Kier molecular flexibility index (Phi) is 5.13. The molecule has 0 radical (unpaired) electrons. The second kappa shape index (κ2) is 7.88. The van der Waals surface area contributed by atoms with Crippen LogP contribution in [-0.4, -0.2) is 25.4 Å². The van der Waals surface area contributed by atoms with Crippen LogP contribution in [0.5, 0.6) is 0 Å². The second-order valence-electron chi connectivity index (χ2n) is 6.15. The first-order chi connectivity index (χ1) is 14.0. The normalized spacial score (nSPS) is 10.8. The average molecular weight is 454 g/mol. The lowest BCUT2D eigenvalue weighted by molar-refractivity contribution is -0.116. The highest BCUT2D eigenvalue weighted by molar-refractivity contribution is 9.10. The van der Waals surface area contributed by atoms with Crippen molar-refractivity contribution in [3.63, 3.8) is 0 Å². The van der Waals surface area contributed by atoms with Crippen LogP contribution in [0, 0.1) is 5.82 Å². The third-order valence-electron chi connectivity index (χ3n) is 4.13. The minimum atomic E-state index is -0.585. The summed E-state index contributed by atoms with van der Waals surface area (Å²) in [5.41, 5.74) is 0.604. The first-order valence-electron chi connectivity index (χ1n) is 8.54. The lowest BCUT2D eigenvalue weighted by atomic mass is 10.2. The van der Waals surface area contributed by atoms with Crippen LogP contribution >= 0.6 is 15.9 Å². The zero-order valence-corrected chi connectivity index (χ0v) is 16.4. The van der Waals surface area contributed by atoms with Crippen LogP contribution < -0.4 is 10.9 Å². The molecule has 0 spiro atoms. The first-order valence-corrected chi connectivity index (χ1v) is 9.33. The Morgan fingerprint density at radius 1 is 1.14 bits per heavy atom.